The summed E-state index contributed by atoms with van der Waals surface area (Å²) in [4.78, 5) is 0. The van der Waals surface area contributed by atoms with Gasteiger partial charge in [-0.1, -0.05) is 28.1 Å². The predicted molar refractivity (Wildman–Crippen MR) is 74.2 cm³/mol. The van der Waals surface area contributed by atoms with Gasteiger partial charge in [-0.2, -0.15) is 0 Å². The van der Waals surface area contributed by atoms with Crippen LogP contribution in [-0.4, -0.2) is 19.3 Å². The van der Waals surface area contributed by atoms with Crippen molar-refractivity contribution in [3.63, 3.8) is 0 Å². The van der Waals surface area contributed by atoms with E-state index in [9.17, 15) is 0 Å². The number of halogens is 1. The quantitative estimate of drug-likeness (QED) is 0.895. The van der Waals surface area contributed by atoms with Gasteiger partial charge in [-0.05, 0) is 50.4 Å². The molecule has 2 atom stereocenters. The van der Waals surface area contributed by atoms with E-state index in [2.05, 4.69) is 52.4 Å². The molecule has 1 saturated heterocycles. The molecular weight excluding hydrogens is 278 g/mol. The molecule has 2 nitrogen and oxygen atoms in total. The largest absolute Gasteiger partial charge is 0.378 e. The highest BCUT2D eigenvalue weighted by Gasteiger charge is 2.15. The smallest absolute Gasteiger partial charge is 0.0588 e. The first-order valence-corrected chi connectivity index (χ1v) is 7.15. The Morgan fingerprint density at radius 1 is 1.41 bits per heavy atom. The van der Waals surface area contributed by atoms with Gasteiger partial charge in [-0.15, -0.1) is 0 Å². The third-order valence-corrected chi connectivity index (χ3v) is 3.84. The Hall–Kier alpha value is -0.380. The average Bonchev–Trinajstić information content (AvgIpc) is 2.83. The minimum atomic E-state index is 0.407. The molecule has 0 aliphatic carbocycles. The molecule has 0 bridgehead atoms. The SMILES string of the molecule is C[C@@H](NCC[C@@H]1CCCO1)c1ccc(Br)cc1. The molecule has 1 aromatic rings. The molecule has 3 heteroatoms. The van der Waals surface area contributed by atoms with Crippen LogP contribution < -0.4 is 5.32 Å². The molecule has 0 amide bonds. The van der Waals surface area contributed by atoms with Gasteiger partial charge in [-0.25, -0.2) is 0 Å². The standard InChI is InChI=1S/C14H20BrNO/c1-11(12-4-6-13(15)7-5-12)16-9-8-14-3-2-10-17-14/h4-7,11,14,16H,2-3,8-10H2,1H3/t11-,14+/m1/s1. The first kappa shape index (κ1) is 13.1. The van der Waals surface area contributed by atoms with Gasteiger partial charge in [0.15, 0.2) is 0 Å². The van der Waals surface area contributed by atoms with Crippen LogP contribution in [-0.2, 0) is 4.74 Å². The summed E-state index contributed by atoms with van der Waals surface area (Å²) in [5.74, 6) is 0. The Bertz CT molecular complexity index is 333. The summed E-state index contributed by atoms with van der Waals surface area (Å²) >= 11 is 3.45. The molecule has 1 N–H and O–H groups in total. The third kappa shape index (κ3) is 4.09. The first-order chi connectivity index (χ1) is 8.25. The average molecular weight is 298 g/mol. The fraction of sp³-hybridized carbons (Fsp3) is 0.571. The molecule has 1 fully saturated rings. The second-order valence-electron chi connectivity index (χ2n) is 4.65. The molecule has 1 aromatic carbocycles. The first-order valence-electron chi connectivity index (χ1n) is 6.36. The van der Waals surface area contributed by atoms with Crippen molar-refractivity contribution in [3.05, 3.63) is 34.3 Å². The van der Waals surface area contributed by atoms with Crippen molar-refractivity contribution < 1.29 is 4.74 Å². The minimum absolute atomic E-state index is 0.407. The van der Waals surface area contributed by atoms with Crippen LogP contribution in [0, 0.1) is 0 Å². The van der Waals surface area contributed by atoms with Crippen LogP contribution in [0.5, 0.6) is 0 Å². The molecule has 0 unspecified atom stereocenters. The molecule has 94 valence electrons. The Labute approximate surface area is 112 Å². The highest BCUT2D eigenvalue weighted by Crippen LogP contribution is 2.18. The van der Waals surface area contributed by atoms with Gasteiger partial charge < -0.3 is 10.1 Å². The van der Waals surface area contributed by atoms with Crippen LogP contribution in [0.1, 0.15) is 37.8 Å². The molecule has 1 aliphatic rings. The number of benzene rings is 1. The van der Waals surface area contributed by atoms with Crippen molar-refractivity contribution >= 4 is 15.9 Å². The van der Waals surface area contributed by atoms with Gasteiger partial charge in [0.25, 0.3) is 0 Å². The van der Waals surface area contributed by atoms with E-state index < -0.39 is 0 Å². The summed E-state index contributed by atoms with van der Waals surface area (Å²) in [6.07, 6.45) is 4.07. The number of rotatable bonds is 5. The van der Waals surface area contributed by atoms with Crippen molar-refractivity contribution in [1.29, 1.82) is 0 Å². The van der Waals surface area contributed by atoms with Crippen LogP contribution in [0.4, 0.5) is 0 Å². The molecule has 0 saturated carbocycles. The Morgan fingerprint density at radius 3 is 2.82 bits per heavy atom. The number of hydrogen-bond donors (Lipinski definition) is 1. The van der Waals surface area contributed by atoms with Gasteiger partial charge in [0.2, 0.25) is 0 Å². The van der Waals surface area contributed by atoms with Crippen LogP contribution in [0.2, 0.25) is 0 Å². The maximum absolute atomic E-state index is 5.61. The maximum atomic E-state index is 5.61. The second-order valence-corrected chi connectivity index (χ2v) is 5.57. The molecule has 1 heterocycles. The Balaban J connectivity index is 1.72. The molecule has 2 rings (SSSR count). The lowest BCUT2D eigenvalue weighted by Crippen LogP contribution is -2.23. The van der Waals surface area contributed by atoms with Crippen LogP contribution in [0.3, 0.4) is 0 Å². The van der Waals surface area contributed by atoms with E-state index in [-0.39, 0.29) is 0 Å². The van der Waals surface area contributed by atoms with Gasteiger partial charge in [-0.3, -0.25) is 0 Å². The highest BCUT2D eigenvalue weighted by molar-refractivity contribution is 9.10. The topological polar surface area (TPSA) is 21.3 Å². The molecule has 17 heavy (non-hydrogen) atoms. The van der Waals surface area contributed by atoms with Crippen molar-refractivity contribution in [2.75, 3.05) is 13.2 Å². The zero-order valence-corrected chi connectivity index (χ0v) is 11.9. The second kappa shape index (κ2) is 6.53. The summed E-state index contributed by atoms with van der Waals surface area (Å²) in [5.41, 5.74) is 1.33. The van der Waals surface area contributed by atoms with Gasteiger partial charge in [0.1, 0.15) is 0 Å². The third-order valence-electron chi connectivity index (χ3n) is 3.31. The fourth-order valence-corrected chi connectivity index (χ4v) is 2.47. The summed E-state index contributed by atoms with van der Waals surface area (Å²) < 4.78 is 6.74. The number of hydrogen-bond acceptors (Lipinski definition) is 2. The normalized spacial score (nSPS) is 21.6. The molecular formula is C14H20BrNO. The molecule has 0 spiro atoms. The van der Waals surface area contributed by atoms with Crippen molar-refractivity contribution in [1.82, 2.24) is 5.32 Å². The molecule has 1 aliphatic heterocycles. The minimum Gasteiger partial charge on any atom is -0.378 e. The number of ether oxygens (including phenoxy) is 1. The number of nitrogens with one attached hydrogen (secondary N) is 1. The van der Waals surface area contributed by atoms with Gasteiger partial charge >= 0.3 is 0 Å². The van der Waals surface area contributed by atoms with Crippen LogP contribution in [0.15, 0.2) is 28.7 Å². The fourth-order valence-electron chi connectivity index (χ4n) is 2.20. The van der Waals surface area contributed by atoms with Crippen LogP contribution in [0.25, 0.3) is 0 Å². The van der Waals surface area contributed by atoms with E-state index in [1.807, 2.05) is 0 Å². The Kier molecular flexibility index (Phi) is 5.01. The van der Waals surface area contributed by atoms with E-state index in [0.717, 1.165) is 24.0 Å². The summed E-state index contributed by atoms with van der Waals surface area (Å²) in [6, 6.07) is 8.91. The lowest BCUT2D eigenvalue weighted by atomic mass is 10.1. The molecule has 0 aromatic heterocycles. The zero-order valence-electron chi connectivity index (χ0n) is 10.3. The molecule has 0 radical (unpaired) electrons. The lowest BCUT2D eigenvalue weighted by Gasteiger charge is -2.16. The Morgan fingerprint density at radius 2 is 2.18 bits per heavy atom. The van der Waals surface area contributed by atoms with E-state index in [1.165, 1.54) is 18.4 Å². The van der Waals surface area contributed by atoms with E-state index >= 15 is 0 Å². The monoisotopic (exact) mass is 297 g/mol. The summed E-state index contributed by atoms with van der Waals surface area (Å²) in [5, 5.41) is 3.55. The lowest BCUT2D eigenvalue weighted by molar-refractivity contribution is 0.103. The van der Waals surface area contributed by atoms with Gasteiger partial charge in [0.05, 0.1) is 6.10 Å². The van der Waals surface area contributed by atoms with E-state index in [0.29, 0.717) is 12.1 Å². The van der Waals surface area contributed by atoms with E-state index in [1.54, 1.807) is 0 Å². The van der Waals surface area contributed by atoms with Crippen LogP contribution >= 0.6 is 15.9 Å². The van der Waals surface area contributed by atoms with Gasteiger partial charge in [0, 0.05) is 17.1 Å². The van der Waals surface area contributed by atoms with Crippen molar-refractivity contribution in [2.45, 2.75) is 38.3 Å². The zero-order chi connectivity index (χ0) is 12.1. The van der Waals surface area contributed by atoms with Crippen molar-refractivity contribution in [3.8, 4) is 0 Å². The predicted octanol–water partition coefficient (Wildman–Crippen LogP) is 3.67. The summed E-state index contributed by atoms with van der Waals surface area (Å²) in [6.45, 7) is 4.19. The maximum Gasteiger partial charge on any atom is 0.0588 e. The van der Waals surface area contributed by atoms with Crippen molar-refractivity contribution in [2.24, 2.45) is 0 Å². The highest BCUT2D eigenvalue weighted by atomic mass is 79.9. The van der Waals surface area contributed by atoms with E-state index in [4.69, 9.17) is 4.74 Å². The summed E-state index contributed by atoms with van der Waals surface area (Å²) in [7, 11) is 0.